The standard InChI is InChI=1S/C12H20ClN3/c1-4-6-7-9(3)14-12-8-10(13)15-11(5-2)16-12/h8-9H,4-7H2,1-3H3,(H,14,15,16). The Morgan fingerprint density at radius 2 is 2.12 bits per heavy atom. The van der Waals surface area contributed by atoms with Crippen LogP contribution in [0.25, 0.3) is 0 Å². The van der Waals surface area contributed by atoms with E-state index in [0.29, 0.717) is 11.2 Å². The molecule has 0 saturated heterocycles. The summed E-state index contributed by atoms with van der Waals surface area (Å²) in [5, 5.41) is 3.87. The molecule has 1 unspecified atom stereocenters. The Hall–Kier alpha value is -0.830. The molecule has 1 atom stereocenters. The molecule has 90 valence electrons. The molecule has 4 heteroatoms. The Bertz CT molecular complexity index is 328. The zero-order valence-corrected chi connectivity index (χ0v) is 11.0. The van der Waals surface area contributed by atoms with E-state index in [4.69, 9.17) is 11.6 Å². The third-order valence-corrected chi connectivity index (χ3v) is 2.64. The van der Waals surface area contributed by atoms with Crippen molar-refractivity contribution in [3.8, 4) is 0 Å². The lowest BCUT2D eigenvalue weighted by Crippen LogP contribution is -2.16. The zero-order chi connectivity index (χ0) is 12.0. The summed E-state index contributed by atoms with van der Waals surface area (Å²) in [5.41, 5.74) is 0. The molecule has 0 aliphatic rings. The number of anilines is 1. The average Bonchev–Trinajstić information content (AvgIpc) is 2.25. The van der Waals surface area contributed by atoms with Crippen molar-refractivity contribution in [1.29, 1.82) is 0 Å². The van der Waals surface area contributed by atoms with Crippen LogP contribution in [-0.4, -0.2) is 16.0 Å². The fraction of sp³-hybridized carbons (Fsp3) is 0.667. The predicted molar refractivity (Wildman–Crippen MR) is 69.0 cm³/mol. The average molecular weight is 242 g/mol. The summed E-state index contributed by atoms with van der Waals surface area (Å²) in [6, 6.07) is 2.21. The second kappa shape index (κ2) is 6.69. The third kappa shape index (κ3) is 4.35. The van der Waals surface area contributed by atoms with E-state index in [0.717, 1.165) is 24.5 Å². The van der Waals surface area contributed by atoms with Gasteiger partial charge in [-0.15, -0.1) is 0 Å². The van der Waals surface area contributed by atoms with Gasteiger partial charge in [0.05, 0.1) is 0 Å². The maximum atomic E-state index is 5.93. The molecular weight excluding hydrogens is 222 g/mol. The van der Waals surface area contributed by atoms with Crippen molar-refractivity contribution < 1.29 is 0 Å². The van der Waals surface area contributed by atoms with Crippen LogP contribution >= 0.6 is 11.6 Å². The van der Waals surface area contributed by atoms with Crippen LogP contribution < -0.4 is 5.32 Å². The van der Waals surface area contributed by atoms with Crippen molar-refractivity contribution in [3.05, 3.63) is 17.0 Å². The quantitative estimate of drug-likeness (QED) is 0.772. The van der Waals surface area contributed by atoms with Crippen molar-refractivity contribution in [1.82, 2.24) is 9.97 Å². The van der Waals surface area contributed by atoms with E-state index in [1.54, 1.807) is 6.07 Å². The first-order valence-corrected chi connectivity index (χ1v) is 6.33. The molecule has 0 fully saturated rings. The number of unbranched alkanes of at least 4 members (excludes halogenated alkanes) is 1. The maximum absolute atomic E-state index is 5.93. The molecule has 0 amide bonds. The van der Waals surface area contributed by atoms with Gasteiger partial charge in [0.25, 0.3) is 0 Å². The Balaban J connectivity index is 2.61. The minimum absolute atomic E-state index is 0.427. The Morgan fingerprint density at radius 1 is 1.38 bits per heavy atom. The number of aromatic nitrogens is 2. The van der Waals surface area contributed by atoms with E-state index < -0.39 is 0 Å². The van der Waals surface area contributed by atoms with Gasteiger partial charge in [0.2, 0.25) is 0 Å². The first-order valence-electron chi connectivity index (χ1n) is 5.95. The van der Waals surface area contributed by atoms with Crippen molar-refractivity contribution in [2.24, 2.45) is 0 Å². The topological polar surface area (TPSA) is 37.8 Å². The fourth-order valence-corrected chi connectivity index (χ4v) is 1.73. The van der Waals surface area contributed by atoms with Gasteiger partial charge in [-0.25, -0.2) is 9.97 Å². The van der Waals surface area contributed by atoms with E-state index >= 15 is 0 Å². The van der Waals surface area contributed by atoms with Gasteiger partial charge in [0, 0.05) is 18.5 Å². The number of nitrogens with zero attached hydrogens (tertiary/aromatic N) is 2. The van der Waals surface area contributed by atoms with Crippen LogP contribution in [0.3, 0.4) is 0 Å². The van der Waals surface area contributed by atoms with Gasteiger partial charge in [-0.3, -0.25) is 0 Å². The Labute approximate surface area is 103 Å². The molecule has 0 aliphatic carbocycles. The lowest BCUT2D eigenvalue weighted by molar-refractivity contribution is 0.642. The summed E-state index contributed by atoms with van der Waals surface area (Å²) < 4.78 is 0. The number of rotatable bonds is 6. The summed E-state index contributed by atoms with van der Waals surface area (Å²) in [6.45, 7) is 6.39. The predicted octanol–water partition coefficient (Wildman–Crippen LogP) is 3.68. The molecular formula is C12H20ClN3. The van der Waals surface area contributed by atoms with Gasteiger partial charge in [-0.05, 0) is 13.3 Å². The van der Waals surface area contributed by atoms with Crippen molar-refractivity contribution in [2.45, 2.75) is 52.5 Å². The molecule has 1 aromatic rings. The molecule has 0 spiro atoms. The van der Waals surface area contributed by atoms with Gasteiger partial charge in [-0.1, -0.05) is 38.3 Å². The van der Waals surface area contributed by atoms with Gasteiger partial charge >= 0.3 is 0 Å². The third-order valence-electron chi connectivity index (χ3n) is 2.44. The highest BCUT2D eigenvalue weighted by atomic mass is 35.5. The summed E-state index contributed by atoms with van der Waals surface area (Å²) in [7, 11) is 0. The van der Waals surface area contributed by atoms with E-state index in [1.807, 2.05) is 6.92 Å². The summed E-state index contributed by atoms with van der Waals surface area (Å²) in [5.74, 6) is 1.62. The number of nitrogens with one attached hydrogen (secondary N) is 1. The molecule has 1 rings (SSSR count). The Kier molecular flexibility index (Phi) is 5.53. The molecule has 0 aromatic carbocycles. The van der Waals surface area contributed by atoms with Crippen LogP contribution in [0.2, 0.25) is 5.15 Å². The maximum Gasteiger partial charge on any atom is 0.134 e. The van der Waals surface area contributed by atoms with E-state index in [2.05, 4.69) is 29.1 Å². The van der Waals surface area contributed by atoms with Crippen LogP contribution in [0.1, 0.15) is 45.9 Å². The summed E-state index contributed by atoms with van der Waals surface area (Å²) in [4.78, 5) is 8.53. The molecule has 1 aromatic heterocycles. The van der Waals surface area contributed by atoms with E-state index in [-0.39, 0.29) is 0 Å². The van der Waals surface area contributed by atoms with Crippen LogP contribution in [0.4, 0.5) is 5.82 Å². The van der Waals surface area contributed by atoms with Crippen LogP contribution in [0.5, 0.6) is 0 Å². The van der Waals surface area contributed by atoms with E-state index in [1.165, 1.54) is 12.8 Å². The van der Waals surface area contributed by atoms with Gasteiger partial charge < -0.3 is 5.32 Å². The molecule has 0 radical (unpaired) electrons. The first kappa shape index (κ1) is 13.2. The normalized spacial score (nSPS) is 12.5. The second-order valence-electron chi connectivity index (χ2n) is 4.03. The lowest BCUT2D eigenvalue weighted by atomic mass is 10.1. The van der Waals surface area contributed by atoms with Crippen LogP contribution in [-0.2, 0) is 6.42 Å². The largest absolute Gasteiger partial charge is 0.367 e. The molecule has 3 nitrogen and oxygen atoms in total. The number of hydrogen-bond donors (Lipinski definition) is 1. The Morgan fingerprint density at radius 3 is 2.75 bits per heavy atom. The van der Waals surface area contributed by atoms with Crippen LogP contribution in [0.15, 0.2) is 6.07 Å². The first-order chi connectivity index (χ1) is 7.65. The SMILES string of the molecule is CCCCC(C)Nc1cc(Cl)nc(CC)n1. The van der Waals surface area contributed by atoms with Crippen molar-refractivity contribution in [3.63, 3.8) is 0 Å². The molecule has 0 bridgehead atoms. The monoisotopic (exact) mass is 241 g/mol. The highest BCUT2D eigenvalue weighted by molar-refractivity contribution is 6.29. The molecule has 0 aliphatic heterocycles. The van der Waals surface area contributed by atoms with Crippen molar-refractivity contribution >= 4 is 17.4 Å². The lowest BCUT2D eigenvalue weighted by Gasteiger charge is -2.14. The molecule has 16 heavy (non-hydrogen) atoms. The van der Waals surface area contributed by atoms with Gasteiger partial charge in [0.15, 0.2) is 0 Å². The van der Waals surface area contributed by atoms with E-state index in [9.17, 15) is 0 Å². The minimum Gasteiger partial charge on any atom is -0.367 e. The van der Waals surface area contributed by atoms with Gasteiger partial charge in [-0.2, -0.15) is 0 Å². The zero-order valence-electron chi connectivity index (χ0n) is 10.3. The molecule has 0 saturated carbocycles. The molecule has 1 heterocycles. The number of aryl methyl sites for hydroxylation is 1. The fourth-order valence-electron chi connectivity index (χ4n) is 1.53. The summed E-state index contributed by atoms with van der Waals surface area (Å²) in [6.07, 6.45) is 4.41. The van der Waals surface area contributed by atoms with Crippen molar-refractivity contribution in [2.75, 3.05) is 5.32 Å². The summed E-state index contributed by atoms with van der Waals surface area (Å²) >= 11 is 5.93. The smallest absolute Gasteiger partial charge is 0.134 e. The second-order valence-corrected chi connectivity index (χ2v) is 4.42. The highest BCUT2D eigenvalue weighted by Gasteiger charge is 2.05. The minimum atomic E-state index is 0.427. The highest BCUT2D eigenvalue weighted by Crippen LogP contribution is 2.14. The number of halogens is 1. The number of hydrogen-bond acceptors (Lipinski definition) is 3. The van der Waals surface area contributed by atoms with Crippen LogP contribution in [0, 0.1) is 0 Å². The van der Waals surface area contributed by atoms with Gasteiger partial charge in [0.1, 0.15) is 16.8 Å². The molecule has 1 N–H and O–H groups in total.